The van der Waals surface area contributed by atoms with Crippen molar-refractivity contribution in [3.05, 3.63) is 34.9 Å². The average molecular weight is 271 g/mol. The minimum Gasteiger partial charge on any atom is -0.478 e. The molecule has 0 aliphatic heterocycles. The van der Waals surface area contributed by atoms with Crippen molar-refractivity contribution in [1.82, 2.24) is 0 Å². The Hall–Kier alpha value is -1.16. The van der Waals surface area contributed by atoms with Crippen molar-refractivity contribution in [3.8, 4) is 0 Å². The number of hydrogen-bond acceptors (Lipinski definition) is 2. The lowest BCUT2D eigenvalue weighted by atomic mass is 10.0. The summed E-state index contributed by atoms with van der Waals surface area (Å²) in [4.78, 5) is 22.1. The van der Waals surface area contributed by atoms with E-state index in [0.29, 0.717) is 5.56 Å². The van der Waals surface area contributed by atoms with Crippen LogP contribution >= 0.6 is 15.9 Å². The number of aromatic carboxylic acids is 1. The van der Waals surface area contributed by atoms with Crippen molar-refractivity contribution >= 4 is 27.7 Å². The van der Waals surface area contributed by atoms with E-state index in [0.717, 1.165) is 5.56 Å². The molecule has 0 spiro atoms. The average Bonchev–Trinajstić information content (AvgIpc) is 2.16. The third kappa shape index (κ3) is 2.65. The standard InChI is InChI=1S/C11H11BrO3/c1-6-3-4-8(11(14)15)5-9(6)10(13)7(2)12/h3-5,7H,1-2H3,(H,14,15). The number of hydrogen-bond donors (Lipinski definition) is 1. The van der Waals surface area contributed by atoms with Gasteiger partial charge in [0, 0.05) is 5.56 Å². The number of alkyl halides is 1. The summed E-state index contributed by atoms with van der Waals surface area (Å²) in [5.41, 5.74) is 1.38. The molecule has 3 nitrogen and oxygen atoms in total. The minimum absolute atomic E-state index is 0.101. The van der Waals surface area contributed by atoms with E-state index in [9.17, 15) is 9.59 Å². The third-order valence-corrected chi connectivity index (χ3v) is 2.53. The zero-order valence-corrected chi connectivity index (χ0v) is 10.0. The van der Waals surface area contributed by atoms with E-state index in [2.05, 4.69) is 15.9 Å². The fourth-order valence-electron chi connectivity index (χ4n) is 1.23. The molecular weight excluding hydrogens is 260 g/mol. The van der Waals surface area contributed by atoms with Gasteiger partial charge in [0.25, 0.3) is 0 Å². The summed E-state index contributed by atoms with van der Waals surface area (Å²) < 4.78 is 0. The van der Waals surface area contributed by atoms with Gasteiger partial charge >= 0.3 is 5.97 Å². The first-order chi connectivity index (χ1) is 6.93. The van der Waals surface area contributed by atoms with Gasteiger partial charge in [-0.15, -0.1) is 0 Å². The molecule has 0 aromatic heterocycles. The molecule has 1 atom stereocenters. The van der Waals surface area contributed by atoms with Crippen LogP contribution in [0.1, 0.15) is 33.2 Å². The van der Waals surface area contributed by atoms with Gasteiger partial charge in [-0.3, -0.25) is 4.79 Å². The number of rotatable bonds is 3. The third-order valence-electron chi connectivity index (χ3n) is 2.11. The highest BCUT2D eigenvalue weighted by Crippen LogP contribution is 2.16. The van der Waals surface area contributed by atoms with E-state index >= 15 is 0 Å². The Bertz CT molecular complexity index is 410. The summed E-state index contributed by atoms with van der Waals surface area (Å²) in [5, 5.41) is 8.80. The van der Waals surface area contributed by atoms with Gasteiger partial charge in [0.1, 0.15) is 0 Å². The zero-order valence-electron chi connectivity index (χ0n) is 8.45. The first-order valence-corrected chi connectivity index (χ1v) is 5.37. The molecule has 4 heteroatoms. The van der Waals surface area contributed by atoms with Crippen molar-refractivity contribution in [2.75, 3.05) is 0 Å². The molecule has 0 saturated heterocycles. The molecule has 0 saturated carbocycles. The van der Waals surface area contributed by atoms with E-state index < -0.39 is 5.97 Å². The number of aryl methyl sites for hydroxylation is 1. The molecule has 1 rings (SSSR count). The molecule has 0 amide bonds. The van der Waals surface area contributed by atoms with E-state index in [1.807, 2.05) is 0 Å². The number of carboxylic acid groups (broad SMARTS) is 1. The summed E-state index contributed by atoms with van der Waals surface area (Å²) in [6.45, 7) is 3.50. The van der Waals surface area contributed by atoms with Crippen LogP contribution in [0.15, 0.2) is 18.2 Å². The Morgan fingerprint density at radius 1 is 1.40 bits per heavy atom. The first-order valence-electron chi connectivity index (χ1n) is 4.45. The summed E-state index contributed by atoms with van der Waals surface area (Å²) >= 11 is 3.18. The Labute approximate surface area is 96.2 Å². The Morgan fingerprint density at radius 3 is 2.47 bits per heavy atom. The van der Waals surface area contributed by atoms with Crippen molar-refractivity contribution in [3.63, 3.8) is 0 Å². The molecule has 1 aromatic carbocycles. The predicted molar refractivity (Wildman–Crippen MR) is 60.9 cm³/mol. The van der Waals surface area contributed by atoms with Crippen LogP contribution in [0, 0.1) is 6.92 Å². The number of ketones is 1. The molecule has 1 unspecified atom stereocenters. The zero-order chi connectivity index (χ0) is 11.6. The molecule has 80 valence electrons. The van der Waals surface area contributed by atoms with Gasteiger partial charge in [-0.25, -0.2) is 4.79 Å². The van der Waals surface area contributed by atoms with Crippen LogP contribution in [-0.2, 0) is 0 Å². The topological polar surface area (TPSA) is 54.4 Å². The van der Waals surface area contributed by atoms with Crippen molar-refractivity contribution < 1.29 is 14.7 Å². The highest BCUT2D eigenvalue weighted by Gasteiger charge is 2.16. The van der Waals surface area contributed by atoms with Crippen LogP contribution in [0.5, 0.6) is 0 Å². The summed E-state index contributed by atoms with van der Waals surface area (Å²) in [6, 6.07) is 4.55. The van der Waals surface area contributed by atoms with Gasteiger partial charge in [-0.2, -0.15) is 0 Å². The summed E-state index contributed by atoms with van der Waals surface area (Å²) in [5.74, 6) is -1.12. The van der Waals surface area contributed by atoms with Crippen LogP contribution in [0.4, 0.5) is 0 Å². The minimum atomic E-state index is -1.02. The quantitative estimate of drug-likeness (QED) is 0.679. The Balaban J connectivity index is 3.22. The van der Waals surface area contributed by atoms with E-state index in [4.69, 9.17) is 5.11 Å². The van der Waals surface area contributed by atoms with Gasteiger partial charge < -0.3 is 5.11 Å². The number of benzene rings is 1. The SMILES string of the molecule is Cc1ccc(C(=O)O)cc1C(=O)C(C)Br. The molecule has 15 heavy (non-hydrogen) atoms. The van der Waals surface area contributed by atoms with Crippen molar-refractivity contribution in [2.45, 2.75) is 18.7 Å². The smallest absolute Gasteiger partial charge is 0.335 e. The highest BCUT2D eigenvalue weighted by atomic mass is 79.9. The molecule has 0 heterocycles. The molecule has 0 bridgehead atoms. The van der Waals surface area contributed by atoms with E-state index in [1.54, 1.807) is 19.9 Å². The molecule has 1 aromatic rings. The maximum Gasteiger partial charge on any atom is 0.335 e. The van der Waals surface area contributed by atoms with Crippen LogP contribution in [0.2, 0.25) is 0 Å². The number of carbonyl (C=O) groups is 2. The van der Waals surface area contributed by atoms with Crippen LogP contribution < -0.4 is 0 Å². The molecule has 0 fully saturated rings. The second-order valence-corrected chi connectivity index (χ2v) is 4.69. The number of carbonyl (C=O) groups excluding carboxylic acids is 1. The van der Waals surface area contributed by atoms with Crippen LogP contribution in [0.25, 0.3) is 0 Å². The van der Waals surface area contributed by atoms with Crippen LogP contribution in [-0.4, -0.2) is 21.7 Å². The molecule has 0 aliphatic carbocycles. The number of carboxylic acids is 1. The van der Waals surface area contributed by atoms with Crippen LogP contribution in [0.3, 0.4) is 0 Å². The lowest BCUT2D eigenvalue weighted by molar-refractivity contribution is 0.0697. The maximum atomic E-state index is 11.7. The van der Waals surface area contributed by atoms with Gasteiger partial charge in [-0.05, 0) is 31.5 Å². The predicted octanol–water partition coefficient (Wildman–Crippen LogP) is 2.66. The molecule has 0 radical (unpaired) electrons. The lowest BCUT2D eigenvalue weighted by Gasteiger charge is -2.07. The maximum absolute atomic E-state index is 11.7. The van der Waals surface area contributed by atoms with Crippen molar-refractivity contribution in [1.29, 1.82) is 0 Å². The molecular formula is C11H11BrO3. The fraction of sp³-hybridized carbons (Fsp3) is 0.273. The van der Waals surface area contributed by atoms with Gasteiger partial charge in [0.15, 0.2) is 5.78 Å². The second-order valence-electron chi connectivity index (χ2n) is 3.32. The largest absolute Gasteiger partial charge is 0.478 e. The summed E-state index contributed by atoms with van der Waals surface area (Å²) in [7, 11) is 0. The highest BCUT2D eigenvalue weighted by molar-refractivity contribution is 9.10. The van der Waals surface area contributed by atoms with Crippen molar-refractivity contribution in [2.24, 2.45) is 0 Å². The number of halogens is 1. The second kappa shape index (κ2) is 4.57. The number of Topliss-reactive ketones (excluding diaryl/α,β-unsaturated/α-hetero) is 1. The lowest BCUT2D eigenvalue weighted by Crippen LogP contribution is -2.12. The van der Waals surface area contributed by atoms with E-state index in [-0.39, 0.29) is 16.2 Å². The Kier molecular flexibility index (Phi) is 3.63. The summed E-state index contributed by atoms with van der Waals surface area (Å²) in [6.07, 6.45) is 0. The first kappa shape index (κ1) is 11.9. The van der Waals surface area contributed by atoms with Gasteiger partial charge in [-0.1, -0.05) is 22.0 Å². The van der Waals surface area contributed by atoms with Gasteiger partial charge in [0.05, 0.1) is 10.4 Å². The van der Waals surface area contributed by atoms with E-state index in [1.165, 1.54) is 12.1 Å². The normalized spacial score (nSPS) is 12.2. The van der Waals surface area contributed by atoms with Gasteiger partial charge in [0.2, 0.25) is 0 Å². The fourth-order valence-corrected chi connectivity index (χ4v) is 1.48. The molecule has 1 N–H and O–H groups in total. The Morgan fingerprint density at radius 2 is 2.00 bits per heavy atom. The molecule has 0 aliphatic rings. The monoisotopic (exact) mass is 270 g/mol.